The second-order valence-corrected chi connectivity index (χ2v) is 11.0. The van der Waals surface area contributed by atoms with Crippen molar-refractivity contribution < 1.29 is 0 Å². The average molecular weight is 371 g/mol. The first-order valence-corrected chi connectivity index (χ1v) is 13.8. The van der Waals surface area contributed by atoms with E-state index in [0.717, 1.165) is 5.66 Å². The van der Waals surface area contributed by atoms with Crippen molar-refractivity contribution in [3.63, 3.8) is 0 Å². The molecule has 1 unspecified atom stereocenters. The van der Waals surface area contributed by atoms with Crippen molar-refractivity contribution in [2.75, 3.05) is 12.3 Å². The van der Waals surface area contributed by atoms with Gasteiger partial charge in [-0.1, -0.05) is 111 Å². The Balaban J connectivity index is 3.87. The standard InChI is InChI=1S/C24H51P/c1-5-9-12-13-14-15-16-17-18-19-21-24(20-8-4)25(22-10-6-2)23-11-7-3/h24H,5-23H2,1-4H3. The highest BCUT2D eigenvalue weighted by Crippen LogP contribution is 2.47. The molecule has 0 bridgehead atoms. The Hall–Kier alpha value is 0.430. The van der Waals surface area contributed by atoms with Gasteiger partial charge in [0.25, 0.3) is 0 Å². The van der Waals surface area contributed by atoms with Crippen molar-refractivity contribution in [3.05, 3.63) is 0 Å². The number of hydrogen-bond acceptors (Lipinski definition) is 0. The van der Waals surface area contributed by atoms with E-state index in [2.05, 4.69) is 27.7 Å². The van der Waals surface area contributed by atoms with E-state index in [0.29, 0.717) is 7.92 Å². The highest BCUT2D eigenvalue weighted by molar-refractivity contribution is 7.58. The first kappa shape index (κ1) is 25.4. The molecule has 25 heavy (non-hydrogen) atoms. The minimum Gasteiger partial charge on any atom is -0.104 e. The van der Waals surface area contributed by atoms with Crippen LogP contribution in [0.1, 0.15) is 137 Å². The summed E-state index contributed by atoms with van der Waals surface area (Å²) in [5.41, 5.74) is 1.09. The lowest BCUT2D eigenvalue weighted by atomic mass is 10.0. The molecule has 0 saturated heterocycles. The maximum atomic E-state index is 2.40. The Morgan fingerprint density at radius 3 is 1.32 bits per heavy atom. The molecule has 0 fully saturated rings. The second kappa shape index (κ2) is 20.7. The molecule has 0 N–H and O–H groups in total. The van der Waals surface area contributed by atoms with Gasteiger partial charge in [-0.3, -0.25) is 0 Å². The molecule has 0 aliphatic carbocycles. The lowest BCUT2D eigenvalue weighted by Crippen LogP contribution is -2.10. The third-order valence-corrected chi connectivity index (χ3v) is 8.96. The molecule has 0 heterocycles. The average Bonchev–Trinajstić information content (AvgIpc) is 2.62. The largest absolute Gasteiger partial charge is 0.104 e. The minimum absolute atomic E-state index is 0.322. The molecule has 0 amide bonds. The SMILES string of the molecule is CCCCCCCCCCCCC(CCC)P(CCCC)CCCC. The Kier molecular flexibility index (Phi) is 21.1. The smallest absolute Gasteiger partial charge is 0.0209 e. The Labute approximate surface area is 163 Å². The van der Waals surface area contributed by atoms with Gasteiger partial charge in [0.05, 0.1) is 0 Å². The third-order valence-electron chi connectivity index (χ3n) is 5.63. The fourth-order valence-electron chi connectivity index (χ4n) is 3.91. The van der Waals surface area contributed by atoms with Crippen LogP contribution in [0.25, 0.3) is 0 Å². The van der Waals surface area contributed by atoms with Crippen molar-refractivity contribution >= 4 is 7.92 Å². The fraction of sp³-hybridized carbons (Fsp3) is 1.00. The predicted molar refractivity (Wildman–Crippen MR) is 122 cm³/mol. The molecule has 0 aromatic rings. The predicted octanol–water partition coefficient (Wildman–Crippen LogP) is 9.55. The van der Waals surface area contributed by atoms with Crippen molar-refractivity contribution in [1.82, 2.24) is 0 Å². The third kappa shape index (κ3) is 16.3. The van der Waals surface area contributed by atoms with Crippen LogP contribution in [0.2, 0.25) is 0 Å². The molecule has 0 aromatic carbocycles. The summed E-state index contributed by atoms with van der Waals surface area (Å²) < 4.78 is 0. The van der Waals surface area contributed by atoms with Gasteiger partial charge in [-0.2, -0.15) is 0 Å². The van der Waals surface area contributed by atoms with E-state index >= 15 is 0 Å². The van der Waals surface area contributed by atoms with Crippen LogP contribution in [0, 0.1) is 0 Å². The highest BCUT2D eigenvalue weighted by Gasteiger charge is 2.18. The summed E-state index contributed by atoms with van der Waals surface area (Å²) in [6, 6.07) is 0. The van der Waals surface area contributed by atoms with Gasteiger partial charge in [0.15, 0.2) is 0 Å². The zero-order valence-corrected chi connectivity index (χ0v) is 19.4. The maximum Gasteiger partial charge on any atom is -0.0209 e. The molecule has 152 valence electrons. The van der Waals surface area contributed by atoms with Crippen LogP contribution < -0.4 is 0 Å². The van der Waals surface area contributed by atoms with E-state index < -0.39 is 0 Å². The minimum atomic E-state index is 0.322. The maximum absolute atomic E-state index is 2.40. The molecule has 1 atom stereocenters. The van der Waals surface area contributed by atoms with Gasteiger partial charge >= 0.3 is 0 Å². The van der Waals surface area contributed by atoms with Crippen LogP contribution in [0.4, 0.5) is 0 Å². The Bertz CT molecular complexity index is 230. The van der Waals surface area contributed by atoms with Gasteiger partial charge in [-0.25, -0.2) is 0 Å². The van der Waals surface area contributed by atoms with Crippen molar-refractivity contribution in [3.8, 4) is 0 Å². The molecule has 0 aliphatic rings. The monoisotopic (exact) mass is 370 g/mol. The molecule has 0 aromatic heterocycles. The van der Waals surface area contributed by atoms with Gasteiger partial charge in [0.1, 0.15) is 0 Å². The summed E-state index contributed by atoms with van der Waals surface area (Å²) in [4.78, 5) is 0. The van der Waals surface area contributed by atoms with Crippen LogP contribution in [0.15, 0.2) is 0 Å². The number of rotatable bonds is 20. The summed E-state index contributed by atoms with van der Waals surface area (Å²) in [7, 11) is 0.322. The van der Waals surface area contributed by atoms with Gasteiger partial charge in [0, 0.05) is 0 Å². The van der Waals surface area contributed by atoms with Crippen LogP contribution in [-0.4, -0.2) is 18.0 Å². The zero-order chi connectivity index (χ0) is 18.6. The quantitative estimate of drug-likeness (QED) is 0.148. The van der Waals surface area contributed by atoms with Crippen LogP contribution in [0.5, 0.6) is 0 Å². The number of unbranched alkanes of at least 4 members (excludes halogenated alkanes) is 11. The van der Waals surface area contributed by atoms with Crippen molar-refractivity contribution in [2.45, 2.75) is 143 Å². The highest BCUT2D eigenvalue weighted by atomic mass is 31.1. The van der Waals surface area contributed by atoms with E-state index in [1.165, 1.54) is 103 Å². The molecule has 0 nitrogen and oxygen atoms in total. The number of hydrogen-bond donors (Lipinski definition) is 0. The van der Waals surface area contributed by atoms with Crippen LogP contribution in [0.3, 0.4) is 0 Å². The molecule has 0 spiro atoms. The zero-order valence-electron chi connectivity index (χ0n) is 18.5. The molecular formula is C24H51P. The lowest BCUT2D eigenvalue weighted by molar-refractivity contribution is 0.539. The van der Waals surface area contributed by atoms with Crippen LogP contribution >= 0.6 is 7.92 Å². The summed E-state index contributed by atoms with van der Waals surface area (Å²) in [5, 5.41) is 0. The van der Waals surface area contributed by atoms with E-state index in [1.807, 2.05) is 0 Å². The Morgan fingerprint density at radius 2 is 0.880 bits per heavy atom. The first-order chi connectivity index (χ1) is 12.3. The lowest BCUT2D eigenvalue weighted by Gasteiger charge is -2.28. The second-order valence-electron chi connectivity index (χ2n) is 8.16. The van der Waals surface area contributed by atoms with Crippen molar-refractivity contribution in [1.29, 1.82) is 0 Å². The molecule has 0 saturated carbocycles. The topological polar surface area (TPSA) is 0 Å². The summed E-state index contributed by atoms with van der Waals surface area (Å²) in [6.45, 7) is 9.44. The van der Waals surface area contributed by atoms with Gasteiger partial charge < -0.3 is 0 Å². The van der Waals surface area contributed by atoms with E-state index in [4.69, 9.17) is 0 Å². The first-order valence-electron chi connectivity index (χ1n) is 12.0. The Morgan fingerprint density at radius 1 is 0.440 bits per heavy atom. The summed E-state index contributed by atoms with van der Waals surface area (Å²) in [6.07, 6.45) is 28.1. The molecule has 0 rings (SSSR count). The fourth-order valence-corrected chi connectivity index (χ4v) is 7.48. The van der Waals surface area contributed by atoms with Gasteiger partial charge in [-0.15, -0.1) is 7.92 Å². The van der Waals surface area contributed by atoms with E-state index in [-0.39, 0.29) is 0 Å². The van der Waals surface area contributed by atoms with E-state index in [1.54, 1.807) is 18.7 Å². The molecule has 0 radical (unpaired) electrons. The molecular weight excluding hydrogens is 319 g/mol. The van der Waals surface area contributed by atoms with Gasteiger partial charge in [-0.05, 0) is 43.7 Å². The normalized spacial score (nSPS) is 12.8. The van der Waals surface area contributed by atoms with E-state index in [9.17, 15) is 0 Å². The molecule has 1 heteroatoms. The van der Waals surface area contributed by atoms with Crippen molar-refractivity contribution in [2.24, 2.45) is 0 Å². The molecule has 0 aliphatic heterocycles. The summed E-state index contributed by atoms with van der Waals surface area (Å²) >= 11 is 0. The van der Waals surface area contributed by atoms with Crippen LogP contribution in [-0.2, 0) is 0 Å². The van der Waals surface area contributed by atoms with Gasteiger partial charge in [0.2, 0.25) is 0 Å². The summed E-state index contributed by atoms with van der Waals surface area (Å²) in [5.74, 6) is 0.